The molecule has 32 heavy (non-hydrogen) atoms. The summed E-state index contributed by atoms with van der Waals surface area (Å²) in [6.45, 7) is 14.1. The molecule has 4 atom stereocenters. The standard InChI is InChI=1S/C23H33N3O3SSeSi/c1-22(2,3)32(23(4,5)6)28-14-16-18(29-32)19(31-15-10-8-7-9-11-15)20(30-16)26-13-12-17(24)25-21(26)27/h7-13,16,18-20H,14H2,1-6H3,(H2,24,25,27)/t16-,18-,19-,20-/m1/s1. The summed E-state index contributed by atoms with van der Waals surface area (Å²) in [5.41, 5.74) is 5.47. The van der Waals surface area contributed by atoms with E-state index in [2.05, 4.69) is 70.8 Å². The second-order valence-corrected chi connectivity index (χ2v) is 19.3. The summed E-state index contributed by atoms with van der Waals surface area (Å²) >= 11 is 1.90. The van der Waals surface area contributed by atoms with E-state index < -0.39 is 8.56 Å². The van der Waals surface area contributed by atoms with Crippen molar-refractivity contribution in [1.29, 1.82) is 0 Å². The van der Waals surface area contributed by atoms with Crippen molar-refractivity contribution in [2.24, 2.45) is 0 Å². The third-order valence-corrected chi connectivity index (χ3v) is 16.0. The van der Waals surface area contributed by atoms with Crippen LogP contribution >= 0.6 is 11.8 Å². The van der Waals surface area contributed by atoms with Gasteiger partial charge in [-0.25, -0.2) is 0 Å². The van der Waals surface area contributed by atoms with Gasteiger partial charge in [0.2, 0.25) is 0 Å². The van der Waals surface area contributed by atoms with E-state index in [1.807, 2.05) is 6.07 Å². The number of nitrogen functional groups attached to an aromatic ring is 1. The van der Waals surface area contributed by atoms with Crippen molar-refractivity contribution in [2.75, 3.05) is 12.3 Å². The minimum atomic E-state index is -2.61. The zero-order valence-corrected chi connectivity index (χ0v) is 23.1. The molecule has 174 valence electrons. The summed E-state index contributed by atoms with van der Waals surface area (Å²) in [5.74, 6) is 0.253. The predicted molar refractivity (Wildman–Crippen MR) is 135 cm³/mol. The first-order valence-corrected chi connectivity index (χ1v) is 15.6. The summed E-state index contributed by atoms with van der Waals surface area (Å²) in [5, 5.41) is -0.0318. The number of rotatable bonds is 3. The minimum absolute atomic E-state index is 0.0357. The van der Waals surface area contributed by atoms with Crippen LogP contribution in [0.1, 0.15) is 46.9 Å². The fourth-order valence-electron chi connectivity index (χ4n) is 4.95. The van der Waals surface area contributed by atoms with Crippen molar-refractivity contribution < 1.29 is 8.85 Å². The molecule has 2 fully saturated rings. The van der Waals surface area contributed by atoms with E-state index in [0.29, 0.717) is 6.61 Å². The van der Waals surface area contributed by atoms with E-state index in [-0.39, 0.29) is 58.1 Å². The maximum absolute atomic E-state index is 12.8. The average Bonchev–Trinajstić information content (AvgIpc) is 3.04. The Bertz CT molecular complexity index is 1010. The molecule has 0 radical (unpaired) electrons. The zero-order valence-electron chi connectivity index (χ0n) is 19.6. The Labute approximate surface area is 202 Å². The molecular formula is C23H33N3O3SSeSi. The van der Waals surface area contributed by atoms with Crippen LogP contribution in [0, 0.1) is 0 Å². The van der Waals surface area contributed by atoms with Crippen molar-refractivity contribution in [3.05, 3.63) is 53.1 Å². The second kappa shape index (κ2) is 8.60. The van der Waals surface area contributed by atoms with Crippen LogP contribution in [-0.4, -0.2) is 51.0 Å². The Hall–Kier alpha value is -1.09. The van der Waals surface area contributed by atoms with Crippen LogP contribution in [0.5, 0.6) is 0 Å². The van der Waals surface area contributed by atoms with E-state index >= 15 is 0 Å². The number of hydrogen-bond acceptors (Lipinski definition) is 6. The topological polar surface area (TPSA) is 79.4 Å². The summed E-state index contributed by atoms with van der Waals surface area (Å²) in [6.07, 6.45) is 1.82. The fourth-order valence-corrected chi connectivity index (χ4v) is 15.4. The molecule has 2 aliphatic rings. The molecule has 6 nitrogen and oxygen atoms in total. The normalized spacial score (nSPS) is 27.8. The third-order valence-electron chi connectivity index (χ3n) is 6.15. The second-order valence-electron chi connectivity index (χ2n) is 10.5. The van der Waals surface area contributed by atoms with Gasteiger partial charge < -0.3 is 0 Å². The molecule has 0 amide bonds. The summed E-state index contributed by atoms with van der Waals surface area (Å²) in [6, 6.07) is 12.3. The molecule has 0 unspecified atom stereocenters. The van der Waals surface area contributed by atoms with Gasteiger partial charge in [-0.3, -0.25) is 0 Å². The molecule has 1 aromatic carbocycles. The molecule has 9 heteroatoms. The van der Waals surface area contributed by atoms with Gasteiger partial charge in [0, 0.05) is 0 Å². The number of aromatic nitrogens is 2. The molecule has 3 heterocycles. The monoisotopic (exact) mass is 539 g/mol. The molecule has 1 aromatic heterocycles. The van der Waals surface area contributed by atoms with Gasteiger partial charge in [0.15, 0.2) is 0 Å². The molecule has 0 aliphatic carbocycles. The Morgan fingerprint density at radius 2 is 1.78 bits per heavy atom. The fraction of sp³-hybridized carbons (Fsp3) is 0.565. The Morgan fingerprint density at radius 3 is 2.38 bits per heavy atom. The van der Waals surface area contributed by atoms with Crippen molar-refractivity contribution in [2.45, 2.75) is 73.2 Å². The third kappa shape index (κ3) is 4.24. The van der Waals surface area contributed by atoms with Gasteiger partial charge in [-0.1, -0.05) is 0 Å². The van der Waals surface area contributed by atoms with E-state index in [9.17, 15) is 4.79 Å². The molecular weight excluding hydrogens is 505 g/mol. The van der Waals surface area contributed by atoms with Crippen molar-refractivity contribution in [1.82, 2.24) is 9.55 Å². The van der Waals surface area contributed by atoms with E-state index in [1.165, 1.54) is 4.46 Å². The van der Waals surface area contributed by atoms with Crippen molar-refractivity contribution in [3.63, 3.8) is 0 Å². The van der Waals surface area contributed by atoms with Crippen LogP contribution in [0.2, 0.25) is 14.9 Å². The molecule has 2 N–H and O–H groups in total. The number of fused-ring (bicyclic) bond motifs is 1. The molecule has 2 aromatic rings. The van der Waals surface area contributed by atoms with Crippen LogP contribution in [0.25, 0.3) is 0 Å². The number of hydrogen-bond donors (Lipinski definition) is 1. The molecule has 4 rings (SSSR count). The number of thioether (sulfide) groups is 1. The van der Waals surface area contributed by atoms with Crippen molar-refractivity contribution >= 4 is 45.6 Å². The summed E-state index contributed by atoms with van der Waals surface area (Å²) < 4.78 is 17.0. The predicted octanol–water partition coefficient (Wildman–Crippen LogP) is 3.72. The number of benzene rings is 1. The Kier molecular flexibility index (Phi) is 6.46. The first kappa shape index (κ1) is 24.0. The van der Waals surface area contributed by atoms with Crippen LogP contribution in [0.15, 0.2) is 47.4 Å². The molecule has 0 spiro atoms. The van der Waals surface area contributed by atoms with Crippen LogP contribution in [-0.2, 0) is 8.85 Å². The zero-order chi connectivity index (χ0) is 23.3. The van der Waals surface area contributed by atoms with Gasteiger partial charge in [-0.15, -0.1) is 0 Å². The van der Waals surface area contributed by atoms with Gasteiger partial charge in [-0.05, 0) is 0 Å². The van der Waals surface area contributed by atoms with Crippen LogP contribution < -0.4 is 15.9 Å². The Balaban J connectivity index is 1.76. The van der Waals surface area contributed by atoms with Gasteiger partial charge >= 0.3 is 203 Å². The van der Waals surface area contributed by atoms with Gasteiger partial charge in [0.1, 0.15) is 0 Å². The van der Waals surface area contributed by atoms with Gasteiger partial charge in [0.25, 0.3) is 0 Å². The van der Waals surface area contributed by atoms with Gasteiger partial charge in [-0.2, -0.15) is 0 Å². The SMILES string of the molecule is CC(C)(C)[Si]1(C(C)(C)C)OC[C@H]2S[C@@H](n3ccc(N)nc3=O)[C@H]([Se]c3ccccc3)[C@@H]2O1. The molecule has 0 bridgehead atoms. The molecule has 2 aliphatic heterocycles. The quantitative estimate of drug-likeness (QED) is 0.601. The van der Waals surface area contributed by atoms with E-state index in [1.54, 1.807) is 28.6 Å². The molecule has 2 saturated heterocycles. The van der Waals surface area contributed by atoms with E-state index in [4.69, 9.17) is 14.6 Å². The first-order chi connectivity index (χ1) is 14.9. The first-order valence-electron chi connectivity index (χ1n) is 11.0. The summed E-state index contributed by atoms with van der Waals surface area (Å²) in [7, 11) is -2.61. The van der Waals surface area contributed by atoms with Crippen LogP contribution in [0.3, 0.4) is 0 Å². The van der Waals surface area contributed by atoms with Gasteiger partial charge in [0.05, 0.1) is 0 Å². The summed E-state index contributed by atoms with van der Waals surface area (Å²) in [4.78, 5) is 17.0. The Morgan fingerprint density at radius 1 is 1.12 bits per heavy atom. The number of nitrogens with two attached hydrogens (primary N) is 1. The maximum atomic E-state index is 12.8. The van der Waals surface area contributed by atoms with Crippen molar-refractivity contribution in [3.8, 4) is 0 Å². The molecule has 0 saturated carbocycles. The van der Waals surface area contributed by atoms with E-state index in [0.717, 1.165) is 0 Å². The number of anilines is 1. The average molecular weight is 539 g/mol. The number of nitrogens with zero attached hydrogens (tertiary/aromatic N) is 2. The van der Waals surface area contributed by atoms with Crippen LogP contribution in [0.4, 0.5) is 5.82 Å².